The van der Waals surface area contributed by atoms with Gasteiger partial charge in [0.25, 0.3) is 5.56 Å². The van der Waals surface area contributed by atoms with Crippen LogP contribution in [0.5, 0.6) is 5.75 Å². The lowest BCUT2D eigenvalue weighted by Gasteiger charge is -2.33. The van der Waals surface area contributed by atoms with Crippen molar-refractivity contribution in [3.63, 3.8) is 0 Å². The molecule has 0 aliphatic carbocycles. The first kappa shape index (κ1) is 23.6. The quantitative estimate of drug-likeness (QED) is 0.556. The molecular weight excluding hydrogens is 446 g/mol. The fraction of sp³-hybridized carbons (Fsp3) is 0.522. The molecule has 0 spiro atoms. The van der Waals surface area contributed by atoms with Crippen LogP contribution in [0.4, 0.5) is 0 Å². The number of carboxylic acid groups (broad SMARTS) is 1. The summed E-state index contributed by atoms with van der Waals surface area (Å²) in [5.74, 6) is -0.0558. The second-order valence-electron chi connectivity index (χ2n) is 8.98. The predicted molar refractivity (Wildman–Crippen MR) is 125 cm³/mol. The Labute approximate surface area is 195 Å². The molecule has 1 saturated heterocycles. The Morgan fingerprint density at radius 1 is 1.30 bits per heavy atom. The van der Waals surface area contributed by atoms with E-state index in [4.69, 9.17) is 9.47 Å². The zero-order valence-corrected chi connectivity index (χ0v) is 20.0. The second kappa shape index (κ2) is 9.00. The highest BCUT2D eigenvalue weighted by molar-refractivity contribution is 7.99. The highest BCUT2D eigenvalue weighted by Gasteiger charge is 2.38. The van der Waals surface area contributed by atoms with E-state index >= 15 is 0 Å². The summed E-state index contributed by atoms with van der Waals surface area (Å²) < 4.78 is 14.3. The molecule has 33 heavy (non-hydrogen) atoms. The molecular formula is C23H29N3O6S. The van der Waals surface area contributed by atoms with Gasteiger partial charge in [-0.3, -0.25) is 9.36 Å². The molecule has 1 aromatic carbocycles. The van der Waals surface area contributed by atoms with Gasteiger partial charge in [-0.25, -0.2) is 14.2 Å². The van der Waals surface area contributed by atoms with E-state index in [-0.39, 0.29) is 18.6 Å². The summed E-state index contributed by atoms with van der Waals surface area (Å²) in [7, 11) is 1.58. The number of thioether (sulfide) groups is 1. The number of methoxy groups -OCH3 is 1. The lowest BCUT2D eigenvalue weighted by Crippen LogP contribution is -2.54. The zero-order valence-electron chi connectivity index (χ0n) is 19.2. The predicted octanol–water partition coefficient (Wildman–Crippen LogP) is 1.78. The number of rotatable bonds is 8. The number of nitrogens with one attached hydrogen (secondary N) is 1. The van der Waals surface area contributed by atoms with Gasteiger partial charge < -0.3 is 19.9 Å². The van der Waals surface area contributed by atoms with E-state index in [9.17, 15) is 19.5 Å². The third-order valence-electron chi connectivity index (χ3n) is 6.31. The number of carboxylic acids is 1. The van der Waals surface area contributed by atoms with Crippen molar-refractivity contribution in [1.82, 2.24) is 14.5 Å². The standard InChI is InChI=1S/C23H29N3O6S/c1-13-12-33-20-18(13)19(27)26(23(2,3)21(28)29)22(30)25(20)11-17(32-14-9-24-10-14)15-7-5-6-8-16(15)31-4/h5-8,13-14,17,24H,9-12H2,1-4H3,(H,28,29). The van der Waals surface area contributed by atoms with E-state index in [1.807, 2.05) is 31.2 Å². The van der Waals surface area contributed by atoms with Crippen molar-refractivity contribution in [1.29, 1.82) is 0 Å². The van der Waals surface area contributed by atoms with Gasteiger partial charge >= 0.3 is 11.7 Å². The summed E-state index contributed by atoms with van der Waals surface area (Å²) in [5.41, 5.74) is -1.61. The maximum Gasteiger partial charge on any atom is 0.332 e. The van der Waals surface area contributed by atoms with Crippen LogP contribution in [0.25, 0.3) is 0 Å². The van der Waals surface area contributed by atoms with Gasteiger partial charge in [0.2, 0.25) is 0 Å². The molecule has 0 amide bonds. The second-order valence-corrected chi connectivity index (χ2v) is 9.98. The summed E-state index contributed by atoms with van der Waals surface area (Å²) in [6.07, 6.45) is -0.540. The molecule has 4 rings (SSSR count). The first-order chi connectivity index (χ1) is 15.7. The van der Waals surface area contributed by atoms with Crippen LogP contribution in [0.2, 0.25) is 0 Å². The average molecular weight is 476 g/mol. The molecule has 3 heterocycles. The van der Waals surface area contributed by atoms with Gasteiger partial charge in [-0.1, -0.05) is 25.1 Å². The maximum atomic E-state index is 13.6. The molecule has 2 aromatic rings. The first-order valence-corrected chi connectivity index (χ1v) is 11.9. The maximum absolute atomic E-state index is 13.6. The zero-order chi connectivity index (χ0) is 23.9. The molecule has 2 aliphatic rings. The van der Waals surface area contributed by atoms with Crippen LogP contribution in [-0.2, 0) is 21.6 Å². The molecule has 0 saturated carbocycles. The summed E-state index contributed by atoms with van der Waals surface area (Å²) in [4.78, 5) is 38.9. The summed E-state index contributed by atoms with van der Waals surface area (Å²) in [6.45, 7) is 6.20. The van der Waals surface area contributed by atoms with Crippen LogP contribution in [0, 0.1) is 0 Å². The van der Waals surface area contributed by atoms with E-state index in [0.29, 0.717) is 35.2 Å². The van der Waals surface area contributed by atoms with Gasteiger partial charge in [-0.15, -0.1) is 11.8 Å². The lowest BCUT2D eigenvalue weighted by atomic mass is 10.0. The Morgan fingerprint density at radius 3 is 2.61 bits per heavy atom. The highest BCUT2D eigenvalue weighted by Crippen LogP contribution is 2.38. The van der Waals surface area contributed by atoms with Gasteiger partial charge in [-0.2, -0.15) is 0 Å². The minimum atomic E-state index is -1.70. The number of benzene rings is 1. The van der Waals surface area contributed by atoms with Gasteiger partial charge in [-0.05, 0) is 25.8 Å². The molecule has 2 aliphatic heterocycles. The Hall–Kier alpha value is -2.56. The van der Waals surface area contributed by atoms with E-state index in [2.05, 4.69) is 5.32 Å². The van der Waals surface area contributed by atoms with Gasteiger partial charge in [0, 0.05) is 24.4 Å². The number of aromatic nitrogens is 2. The number of aliphatic carboxylic acids is 1. The van der Waals surface area contributed by atoms with E-state index in [0.717, 1.165) is 10.1 Å². The fourth-order valence-corrected chi connectivity index (χ4v) is 5.50. The SMILES string of the molecule is COc1ccccc1C(Cn1c2c(c(=O)n(C(C)(C)C(=O)O)c1=O)C(C)CS2)OC1CNC1. The van der Waals surface area contributed by atoms with Gasteiger partial charge in [0.05, 0.1) is 30.3 Å². The first-order valence-electron chi connectivity index (χ1n) is 10.9. The van der Waals surface area contributed by atoms with Crippen molar-refractivity contribution in [2.75, 3.05) is 26.0 Å². The lowest BCUT2D eigenvalue weighted by molar-refractivity contribution is -0.146. The molecule has 2 unspecified atom stereocenters. The molecule has 1 fully saturated rings. The topological polar surface area (TPSA) is 112 Å². The Morgan fingerprint density at radius 2 is 2.00 bits per heavy atom. The fourth-order valence-electron chi connectivity index (χ4n) is 4.17. The Bertz CT molecular complexity index is 1180. The van der Waals surface area contributed by atoms with Crippen LogP contribution < -0.4 is 21.3 Å². The Kier molecular flexibility index (Phi) is 6.43. The molecule has 9 nitrogen and oxygen atoms in total. The number of ether oxygens (including phenoxy) is 2. The number of carbonyl (C=O) groups is 1. The molecule has 10 heteroatoms. The number of nitrogens with zero attached hydrogens (tertiary/aromatic N) is 2. The number of fused-ring (bicyclic) bond motifs is 1. The molecule has 0 radical (unpaired) electrons. The van der Waals surface area contributed by atoms with Crippen LogP contribution in [0.15, 0.2) is 38.9 Å². The van der Waals surface area contributed by atoms with Crippen molar-refractivity contribution in [2.24, 2.45) is 0 Å². The highest BCUT2D eigenvalue weighted by atomic mass is 32.2. The van der Waals surface area contributed by atoms with Crippen molar-refractivity contribution in [3.8, 4) is 5.75 Å². The monoisotopic (exact) mass is 475 g/mol. The van der Waals surface area contributed by atoms with Crippen molar-refractivity contribution in [3.05, 3.63) is 56.2 Å². The molecule has 1 aromatic heterocycles. The molecule has 2 N–H and O–H groups in total. The van der Waals surface area contributed by atoms with Gasteiger partial charge in [0.15, 0.2) is 0 Å². The third kappa shape index (κ3) is 4.11. The van der Waals surface area contributed by atoms with Gasteiger partial charge in [0.1, 0.15) is 17.4 Å². The summed E-state index contributed by atoms with van der Waals surface area (Å²) in [6, 6.07) is 7.48. The van der Waals surface area contributed by atoms with Crippen LogP contribution >= 0.6 is 11.8 Å². The molecule has 178 valence electrons. The van der Waals surface area contributed by atoms with Crippen LogP contribution in [0.1, 0.15) is 43.9 Å². The number of hydrogen-bond acceptors (Lipinski definition) is 7. The Balaban J connectivity index is 1.89. The van der Waals surface area contributed by atoms with Crippen LogP contribution in [-0.4, -0.2) is 52.3 Å². The van der Waals surface area contributed by atoms with Crippen molar-refractivity contribution in [2.45, 2.75) is 56.0 Å². The number of para-hydroxylation sites is 1. The summed E-state index contributed by atoms with van der Waals surface area (Å²) >= 11 is 1.45. The smallest absolute Gasteiger partial charge is 0.332 e. The third-order valence-corrected chi connectivity index (χ3v) is 7.69. The minimum absolute atomic E-state index is 0.0170. The normalized spacial score (nSPS) is 19.1. The molecule has 2 atom stereocenters. The van der Waals surface area contributed by atoms with E-state index in [1.165, 1.54) is 30.2 Å². The summed E-state index contributed by atoms with van der Waals surface area (Å²) in [5, 5.41) is 13.5. The van der Waals surface area contributed by atoms with Crippen molar-refractivity contribution < 1.29 is 19.4 Å². The van der Waals surface area contributed by atoms with E-state index in [1.54, 1.807) is 7.11 Å². The number of hydrogen-bond donors (Lipinski definition) is 2. The minimum Gasteiger partial charge on any atom is -0.496 e. The molecule has 0 bridgehead atoms. The largest absolute Gasteiger partial charge is 0.496 e. The average Bonchev–Trinajstić information content (AvgIpc) is 3.13. The van der Waals surface area contributed by atoms with Crippen LogP contribution in [0.3, 0.4) is 0 Å². The van der Waals surface area contributed by atoms with Crippen molar-refractivity contribution >= 4 is 17.7 Å². The van der Waals surface area contributed by atoms with E-state index < -0.39 is 28.9 Å².